The Kier molecular flexibility index (Phi) is 14.9. The van der Waals surface area contributed by atoms with E-state index < -0.39 is 18.0 Å². The van der Waals surface area contributed by atoms with Gasteiger partial charge in [-0.25, -0.2) is 9.18 Å². The van der Waals surface area contributed by atoms with Crippen molar-refractivity contribution in [2.24, 2.45) is 5.92 Å². The molecule has 12 heteroatoms. The van der Waals surface area contributed by atoms with E-state index in [-0.39, 0.29) is 49.6 Å². The summed E-state index contributed by atoms with van der Waals surface area (Å²) in [5, 5.41) is 15.9. The molecule has 0 spiro atoms. The van der Waals surface area contributed by atoms with Gasteiger partial charge in [0.15, 0.2) is 0 Å². The second-order valence-electron chi connectivity index (χ2n) is 12.8. The highest BCUT2D eigenvalue weighted by Crippen LogP contribution is 2.28. The van der Waals surface area contributed by atoms with Crippen LogP contribution in [0.3, 0.4) is 0 Å². The largest absolute Gasteiger partial charge is 0.490 e. The summed E-state index contributed by atoms with van der Waals surface area (Å²) in [4.78, 5) is 45.1. The summed E-state index contributed by atoms with van der Waals surface area (Å²) in [6.07, 6.45) is 2.79. The molecule has 0 radical (unpaired) electrons. The number of nitrogens with zero attached hydrogens (tertiary/aromatic N) is 3. The van der Waals surface area contributed by atoms with Gasteiger partial charge in [-0.05, 0) is 103 Å². The number of aliphatic hydroxyl groups is 1. The quantitative estimate of drug-likeness (QED) is 0.326. The topological polar surface area (TPSA) is 124 Å². The van der Waals surface area contributed by atoms with Crippen LogP contribution in [0.5, 0.6) is 5.75 Å². The molecule has 11 nitrogen and oxygen atoms in total. The maximum Gasteiger partial charge on any atom is 0.321 e. The number of halogens is 1. The van der Waals surface area contributed by atoms with E-state index >= 15 is 0 Å². The van der Waals surface area contributed by atoms with Gasteiger partial charge >= 0.3 is 6.03 Å². The molecule has 47 heavy (non-hydrogen) atoms. The van der Waals surface area contributed by atoms with Crippen LogP contribution < -0.4 is 15.4 Å². The predicted octanol–water partition coefficient (Wildman–Crippen LogP) is 5.07. The van der Waals surface area contributed by atoms with Crippen LogP contribution in [-0.2, 0) is 9.53 Å². The van der Waals surface area contributed by atoms with Crippen LogP contribution in [0, 0.1) is 11.7 Å². The number of hydrogen-bond acceptors (Lipinski definition) is 7. The summed E-state index contributed by atoms with van der Waals surface area (Å²) in [6.45, 7) is 7.13. The molecule has 1 aliphatic rings. The van der Waals surface area contributed by atoms with E-state index in [9.17, 15) is 23.9 Å². The van der Waals surface area contributed by atoms with Crippen molar-refractivity contribution in [1.29, 1.82) is 0 Å². The lowest BCUT2D eigenvalue weighted by atomic mass is 10.0. The summed E-state index contributed by atoms with van der Waals surface area (Å²) in [7, 11) is 5.57. The molecular formula is C35H52FN5O6. The third-order valence-electron chi connectivity index (χ3n) is 8.24. The SMILES string of the molecule is C[C@@H]1CCCCO[C@@H](CN(C)C(=O)Nc2ccc(F)cc2)[C@H](C)CN([C@H](C)CO)C(=O)c2cc(NC(=O)CCCN(C)C)ccc2O1. The first-order chi connectivity index (χ1) is 22.4. The lowest BCUT2D eigenvalue weighted by Gasteiger charge is -2.35. The number of rotatable bonds is 10. The number of carbonyl (C=O) groups excluding carboxylic acids is 3. The van der Waals surface area contributed by atoms with Gasteiger partial charge in [0.2, 0.25) is 5.91 Å². The van der Waals surface area contributed by atoms with Gasteiger partial charge in [0.05, 0.1) is 30.4 Å². The highest BCUT2D eigenvalue weighted by Gasteiger charge is 2.31. The zero-order valence-corrected chi connectivity index (χ0v) is 28.6. The minimum atomic E-state index is -0.535. The fourth-order valence-corrected chi connectivity index (χ4v) is 5.35. The predicted molar refractivity (Wildman–Crippen MR) is 181 cm³/mol. The monoisotopic (exact) mass is 657 g/mol. The average Bonchev–Trinajstić information content (AvgIpc) is 3.03. The van der Waals surface area contributed by atoms with E-state index in [1.807, 2.05) is 32.8 Å². The normalized spacial score (nSPS) is 20.1. The van der Waals surface area contributed by atoms with Gasteiger partial charge in [-0.3, -0.25) is 9.59 Å². The van der Waals surface area contributed by atoms with Gasteiger partial charge in [0.25, 0.3) is 5.91 Å². The molecule has 2 aromatic carbocycles. The highest BCUT2D eigenvalue weighted by molar-refractivity contribution is 5.99. The maximum atomic E-state index is 14.3. The van der Waals surface area contributed by atoms with Crippen molar-refractivity contribution in [3.05, 3.63) is 53.8 Å². The third kappa shape index (κ3) is 12.1. The molecule has 0 saturated carbocycles. The van der Waals surface area contributed by atoms with Crippen LogP contribution >= 0.6 is 0 Å². The number of carbonyl (C=O) groups is 3. The molecule has 4 atom stereocenters. The van der Waals surface area contributed by atoms with Crippen LogP contribution in [0.1, 0.15) is 63.2 Å². The van der Waals surface area contributed by atoms with E-state index in [0.717, 1.165) is 25.8 Å². The number of amides is 4. The number of likely N-dealkylation sites (N-methyl/N-ethyl adjacent to an activating group) is 1. The number of aliphatic hydroxyl groups excluding tert-OH is 1. The second-order valence-corrected chi connectivity index (χ2v) is 12.8. The molecule has 0 unspecified atom stereocenters. The number of fused-ring (bicyclic) bond motifs is 1. The summed E-state index contributed by atoms with van der Waals surface area (Å²) in [6, 6.07) is 9.73. The maximum absolute atomic E-state index is 14.3. The summed E-state index contributed by atoms with van der Waals surface area (Å²) in [5.41, 5.74) is 1.25. The van der Waals surface area contributed by atoms with Gasteiger partial charge in [-0.1, -0.05) is 6.92 Å². The first kappa shape index (κ1) is 37.7. The Labute approximate surface area is 278 Å². The summed E-state index contributed by atoms with van der Waals surface area (Å²) in [5.74, 6) is -0.703. The van der Waals surface area contributed by atoms with E-state index in [0.29, 0.717) is 42.1 Å². The van der Waals surface area contributed by atoms with Crippen molar-refractivity contribution >= 4 is 29.2 Å². The Morgan fingerprint density at radius 2 is 1.77 bits per heavy atom. The number of ether oxygens (including phenoxy) is 2. The molecule has 3 N–H and O–H groups in total. The lowest BCUT2D eigenvalue weighted by Crippen LogP contribution is -2.48. The third-order valence-corrected chi connectivity index (χ3v) is 8.24. The highest BCUT2D eigenvalue weighted by atomic mass is 19.1. The number of anilines is 2. The van der Waals surface area contributed by atoms with E-state index in [1.54, 1.807) is 37.1 Å². The van der Waals surface area contributed by atoms with E-state index in [2.05, 4.69) is 10.6 Å². The molecule has 1 aliphatic heterocycles. The van der Waals surface area contributed by atoms with Crippen molar-refractivity contribution in [3.8, 4) is 5.75 Å². The van der Waals surface area contributed by atoms with Gasteiger partial charge in [0, 0.05) is 50.5 Å². The van der Waals surface area contributed by atoms with Gasteiger partial charge in [-0.15, -0.1) is 0 Å². The molecule has 1 heterocycles. The number of nitrogens with one attached hydrogen (secondary N) is 2. The first-order valence-electron chi connectivity index (χ1n) is 16.4. The van der Waals surface area contributed by atoms with Crippen LogP contribution in [0.25, 0.3) is 0 Å². The van der Waals surface area contributed by atoms with Crippen LogP contribution in [0.2, 0.25) is 0 Å². The minimum Gasteiger partial charge on any atom is -0.490 e. The molecule has 0 bridgehead atoms. The van der Waals surface area contributed by atoms with Crippen molar-refractivity contribution < 1.29 is 33.4 Å². The molecule has 4 amide bonds. The molecular weight excluding hydrogens is 605 g/mol. The zero-order valence-electron chi connectivity index (χ0n) is 28.6. The smallest absolute Gasteiger partial charge is 0.321 e. The molecule has 0 aromatic heterocycles. The standard InChI is InChI=1S/C35H52FN5O6/c1-24-21-41(25(2)23-42)34(44)30-20-29(37-33(43)11-9-18-39(4)5)16-17-31(30)47-26(3)10-7-8-19-46-32(24)22-40(6)35(45)38-28-14-12-27(36)13-15-28/h12-17,20,24-26,32,42H,7-11,18-19,21-23H2,1-6H3,(H,37,43)(H,38,45)/t24-,25-,26-,32+/m1/s1. The fourth-order valence-electron chi connectivity index (χ4n) is 5.35. The molecule has 0 saturated heterocycles. The van der Waals surface area contributed by atoms with Crippen LogP contribution in [0.15, 0.2) is 42.5 Å². The second kappa shape index (κ2) is 18.6. The fraction of sp³-hybridized carbons (Fsp3) is 0.571. The summed E-state index contributed by atoms with van der Waals surface area (Å²) >= 11 is 0. The Morgan fingerprint density at radius 1 is 1.06 bits per heavy atom. The lowest BCUT2D eigenvalue weighted by molar-refractivity contribution is -0.116. The minimum absolute atomic E-state index is 0.142. The molecule has 0 fully saturated rings. The molecule has 3 rings (SSSR count). The Bertz CT molecular complexity index is 1310. The van der Waals surface area contributed by atoms with E-state index in [4.69, 9.17) is 9.47 Å². The van der Waals surface area contributed by atoms with Crippen LogP contribution in [-0.4, -0.2) is 110 Å². The summed E-state index contributed by atoms with van der Waals surface area (Å²) < 4.78 is 25.9. The zero-order chi connectivity index (χ0) is 34.5. The Balaban J connectivity index is 1.86. The van der Waals surface area contributed by atoms with Gasteiger partial charge < -0.3 is 39.9 Å². The van der Waals surface area contributed by atoms with E-state index in [1.165, 1.54) is 29.2 Å². The Hall–Kier alpha value is -3.74. The van der Waals surface area contributed by atoms with Crippen molar-refractivity contribution in [2.45, 2.75) is 71.1 Å². The van der Waals surface area contributed by atoms with Crippen molar-refractivity contribution in [3.63, 3.8) is 0 Å². The van der Waals surface area contributed by atoms with Crippen molar-refractivity contribution in [2.75, 3.05) is 64.6 Å². The van der Waals surface area contributed by atoms with Crippen molar-refractivity contribution in [1.82, 2.24) is 14.7 Å². The van der Waals surface area contributed by atoms with Gasteiger partial charge in [-0.2, -0.15) is 0 Å². The Morgan fingerprint density at radius 3 is 2.45 bits per heavy atom. The average molecular weight is 658 g/mol. The molecule has 260 valence electrons. The first-order valence-corrected chi connectivity index (χ1v) is 16.4. The number of urea groups is 1. The molecule has 2 aromatic rings. The number of benzene rings is 2. The van der Waals surface area contributed by atoms with Gasteiger partial charge in [0.1, 0.15) is 11.6 Å². The molecule has 0 aliphatic carbocycles. The number of hydrogen-bond donors (Lipinski definition) is 3. The van der Waals surface area contributed by atoms with Crippen LogP contribution in [0.4, 0.5) is 20.6 Å².